The minimum atomic E-state index is 0.0597. The van der Waals surface area contributed by atoms with Crippen LogP contribution in [-0.2, 0) is 6.42 Å². The van der Waals surface area contributed by atoms with E-state index in [0.29, 0.717) is 6.54 Å². The highest BCUT2D eigenvalue weighted by atomic mass is 35.5. The van der Waals surface area contributed by atoms with Gasteiger partial charge in [0.1, 0.15) is 0 Å². The van der Waals surface area contributed by atoms with Crippen LogP contribution in [0.5, 0.6) is 0 Å². The molecule has 1 saturated carbocycles. The van der Waals surface area contributed by atoms with Crippen LogP contribution in [0.4, 0.5) is 0 Å². The van der Waals surface area contributed by atoms with Crippen molar-refractivity contribution in [3.05, 3.63) is 34.9 Å². The molecule has 1 aliphatic rings. The predicted molar refractivity (Wildman–Crippen MR) is 87.3 cm³/mol. The second-order valence-corrected chi connectivity index (χ2v) is 6.72. The van der Waals surface area contributed by atoms with Crippen LogP contribution in [0.2, 0.25) is 5.02 Å². The van der Waals surface area contributed by atoms with Gasteiger partial charge in [0.2, 0.25) is 0 Å². The summed E-state index contributed by atoms with van der Waals surface area (Å²) in [5, 5.41) is 0.799. The molecular formula is C17H27ClN2. The summed E-state index contributed by atoms with van der Waals surface area (Å²) >= 11 is 5.97. The number of halogens is 1. The van der Waals surface area contributed by atoms with Crippen molar-refractivity contribution in [2.45, 2.75) is 57.5 Å². The Kier molecular flexibility index (Phi) is 5.48. The summed E-state index contributed by atoms with van der Waals surface area (Å²) in [5.74, 6) is 0. The van der Waals surface area contributed by atoms with Gasteiger partial charge in [-0.15, -0.1) is 0 Å². The van der Waals surface area contributed by atoms with Gasteiger partial charge >= 0.3 is 0 Å². The van der Waals surface area contributed by atoms with Crippen molar-refractivity contribution in [1.29, 1.82) is 0 Å². The Labute approximate surface area is 128 Å². The smallest absolute Gasteiger partial charge is 0.0406 e. The summed E-state index contributed by atoms with van der Waals surface area (Å²) < 4.78 is 0. The normalized spacial score (nSPS) is 18.2. The molecule has 0 amide bonds. The SMILES string of the molecule is CCCCN(C1CC1)C(C)(CN)Cc1ccc(Cl)cc1. The molecule has 1 atom stereocenters. The van der Waals surface area contributed by atoms with E-state index in [1.807, 2.05) is 12.1 Å². The maximum absolute atomic E-state index is 6.16. The number of rotatable bonds is 8. The monoisotopic (exact) mass is 294 g/mol. The fraction of sp³-hybridized carbons (Fsp3) is 0.647. The Morgan fingerprint density at radius 3 is 2.45 bits per heavy atom. The lowest BCUT2D eigenvalue weighted by Gasteiger charge is -2.41. The minimum absolute atomic E-state index is 0.0597. The average Bonchev–Trinajstić information content (AvgIpc) is 3.26. The predicted octanol–water partition coefficient (Wildman–Crippen LogP) is 3.86. The van der Waals surface area contributed by atoms with Gasteiger partial charge in [0.05, 0.1) is 0 Å². The van der Waals surface area contributed by atoms with E-state index in [1.165, 1.54) is 37.8 Å². The van der Waals surface area contributed by atoms with Crippen molar-refractivity contribution < 1.29 is 0 Å². The maximum Gasteiger partial charge on any atom is 0.0406 e. The first kappa shape index (κ1) is 15.8. The van der Waals surface area contributed by atoms with Crippen molar-refractivity contribution in [3.63, 3.8) is 0 Å². The molecule has 0 aliphatic heterocycles. The van der Waals surface area contributed by atoms with E-state index < -0.39 is 0 Å². The summed E-state index contributed by atoms with van der Waals surface area (Å²) in [5.41, 5.74) is 7.54. The molecule has 1 aromatic rings. The van der Waals surface area contributed by atoms with Gasteiger partial charge in [-0.3, -0.25) is 4.90 Å². The number of hydrogen-bond donors (Lipinski definition) is 1. The van der Waals surface area contributed by atoms with Gasteiger partial charge in [0, 0.05) is 23.1 Å². The molecule has 0 bridgehead atoms. The van der Waals surface area contributed by atoms with E-state index in [1.54, 1.807) is 0 Å². The molecule has 1 unspecified atom stereocenters. The molecule has 0 heterocycles. The third-order valence-electron chi connectivity index (χ3n) is 4.37. The quantitative estimate of drug-likeness (QED) is 0.789. The van der Waals surface area contributed by atoms with Crippen LogP contribution >= 0.6 is 11.6 Å². The van der Waals surface area contributed by atoms with Gasteiger partial charge in [0.15, 0.2) is 0 Å². The van der Waals surface area contributed by atoms with Crippen molar-refractivity contribution in [3.8, 4) is 0 Å². The minimum Gasteiger partial charge on any atom is -0.329 e. The number of nitrogens with two attached hydrogens (primary N) is 1. The molecule has 2 nitrogen and oxygen atoms in total. The Bertz CT molecular complexity index is 414. The van der Waals surface area contributed by atoms with Gasteiger partial charge in [-0.1, -0.05) is 37.1 Å². The van der Waals surface area contributed by atoms with Crippen LogP contribution in [0.25, 0.3) is 0 Å². The highest BCUT2D eigenvalue weighted by Gasteiger charge is 2.39. The topological polar surface area (TPSA) is 29.3 Å². The summed E-state index contributed by atoms with van der Waals surface area (Å²) in [4.78, 5) is 2.66. The summed E-state index contributed by atoms with van der Waals surface area (Å²) in [6.07, 6.45) is 6.16. The maximum atomic E-state index is 6.16. The summed E-state index contributed by atoms with van der Waals surface area (Å²) in [6.45, 7) is 6.44. The molecule has 20 heavy (non-hydrogen) atoms. The second-order valence-electron chi connectivity index (χ2n) is 6.28. The summed E-state index contributed by atoms with van der Waals surface area (Å²) in [7, 11) is 0. The van der Waals surface area contributed by atoms with Gasteiger partial charge in [-0.25, -0.2) is 0 Å². The van der Waals surface area contributed by atoms with Gasteiger partial charge < -0.3 is 5.73 Å². The highest BCUT2D eigenvalue weighted by molar-refractivity contribution is 6.30. The Hall–Kier alpha value is -0.570. The summed E-state index contributed by atoms with van der Waals surface area (Å²) in [6, 6.07) is 8.95. The fourth-order valence-electron chi connectivity index (χ4n) is 2.94. The van der Waals surface area contributed by atoms with Gasteiger partial charge in [-0.05, 0) is 56.8 Å². The lowest BCUT2D eigenvalue weighted by molar-refractivity contribution is 0.0985. The zero-order chi connectivity index (χ0) is 14.6. The molecule has 0 aromatic heterocycles. The first-order valence-electron chi connectivity index (χ1n) is 7.80. The zero-order valence-corrected chi connectivity index (χ0v) is 13.5. The molecule has 1 fully saturated rings. The van der Waals surface area contributed by atoms with Gasteiger partial charge in [-0.2, -0.15) is 0 Å². The van der Waals surface area contributed by atoms with E-state index in [9.17, 15) is 0 Å². The third kappa shape index (κ3) is 3.97. The molecule has 0 radical (unpaired) electrons. The van der Waals surface area contributed by atoms with E-state index in [2.05, 4.69) is 30.9 Å². The molecule has 112 valence electrons. The van der Waals surface area contributed by atoms with E-state index in [-0.39, 0.29) is 5.54 Å². The Morgan fingerprint density at radius 1 is 1.30 bits per heavy atom. The van der Waals surface area contributed by atoms with Crippen LogP contribution in [0.3, 0.4) is 0 Å². The number of unbranched alkanes of at least 4 members (excludes halogenated alkanes) is 1. The number of benzene rings is 1. The van der Waals surface area contributed by atoms with E-state index in [4.69, 9.17) is 17.3 Å². The van der Waals surface area contributed by atoms with Crippen LogP contribution in [0.1, 0.15) is 45.1 Å². The van der Waals surface area contributed by atoms with Crippen molar-refractivity contribution in [2.24, 2.45) is 5.73 Å². The lowest BCUT2D eigenvalue weighted by Crippen LogP contribution is -2.54. The molecule has 2 N–H and O–H groups in total. The molecule has 3 heteroatoms. The molecular weight excluding hydrogens is 268 g/mol. The van der Waals surface area contributed by atoms with E-state index in [0.717, 1.165) is 17.5 Å². The molecule has 0 saturated heterocycles. The molecule has 0 spiro atoms. The van der Waals surface area contributed by atoms with Crippen LogP contribution < -0.4 is 5.73 Å². The first-order valence-corrected chi connectivity index (χ1v) is 8.18. The first-order chi connectivity index (χ1) is 9.59. The zero-order valence-electron chi connectivity index (χ0n) is 12.7. The van der Waals surface area contributed by atoms with Crippen molar-refractivity contribution in [1.82, 2.24) is 4.90 Å². The molecule has 1 aliphatic carbocycles. The molecule has 2 rings (SSSR count). The average molecular weight is 295 g/mol. The molecule has 1 aromatic carbocycles. The van der Waals surface area contributed by atoms with E-state index >= 15 is 0 Å². The number of hydrogen-bond acceptors (Lipinski definition) is 2. The Morgan fingerprint density at radius 2 is 1.95 bits per heavy atom. The van der Waals surface area contributed by atoms with Crippen LogP contribution in [0, 0.1) is 0 Å². The standard InChI is InChI=1S/C17H27ClN2/c1-3-4-11-20(16-9-10-16)17(2,13-19)12-14-5-7-15(18)8-6-14/h5-8,16H,3-4,9-13,19H2,1-2H3. The van der Waals surface area contributed by atoms with Crippen molar-refractivity contribution in [2.75, 3.05) is 13.1 Å². The number of nitrogens with zero attached hydrogens (tertiary/aromatic N) is 1. The Balaban J connectivity index is 2.10. The largest absolute Gasteiger partial charge is 0.329 e. The fourth-order valence-corrected chi connectivity index (χ4v) is 3.07. The highest BCUT2D eigenvalue weighted by Crippen LogP contribution is 2.34. The second kappa shape index (κ2) is 6.93. The third-order valence-corrected chi connectivity index (χ3v) is 4.62. The lowest BCUT2D eigenvalue weighted by atomic mass is 9.90. The van der Waals surface area contributed by atoms with Crippen LogP contribution in [0.15, 0.2) is 24.3 Å². The van der Waals surface area contributed by atoms with Crippen LogP contribution in [-0.4, -0.2) is 29.6 Å². The van der Waals surface area contributed by atoms with Gasteiger partial charge in [0.25, 0.3) is 0 Å². The van der Waals surface area contributed by atoms with Crippen molar-refractivity contribution >= 4 is 11.6 Å².